The number of guanidine groups is 1. The molecule has 1 heterocycles. The number of aliphatic imine (C=N–C) groups is 1. The van der Waals surface area contributed by atoms with Gasteiger partial charge in [-0.3, -0.25) is 9.89 Å². The molecule has 30 heavy (non-hydrogen) atoms. The second-order valence-corrected chi connectivity index (χ2v) is 7.58. The third-order valence-corrected chi connectivity index (χ3v) is 5.13. The predicted molar refractivity (Wildman–Crippen MR) is 126 cm³/mol. The van der Waals surface area contributed by atoms with Gasteiger partial charge in [0.1, 0.15) is 5.75 Å². The van der Waals surface area contributed by atoms with Gasteiger partial charge in [0.2, 0.25) is 0 Å². The zero-order chi connectivity index (χ0) is 21.1. The van der Waals surface area contributed by atoms with Crippen LogP contribution in [0.4, 0.5) is 13.2 Å². The van der Waals surface area contributed by atoms with E-state index in [1.54, 1.807) is 12.1 Å². The molecule has 3 N–H and O–H groups in total. The number of rotatable bonds is 9. The average molecular weight is 542 g/mol. The third-order valence-electron chi connectivity index (χ3n) is 5.13. The molecule has 172 valence electrons. The maximum absolute atomic E-state index is 12.5. The van der Waals surface area contributed by atoms with Gasteiger partial charge in [-0.1, -0.05) is 12.1 Å². The number of aromatic hydroxyl groups is 1. The molecule has 0 bridgehead atoms. The van der Waals surface area contributed by atoms with E-state index >= 15 is 0 Å². The Morgan fingerprint density at radius 2 is 1.83 bits per heavy atom. The van der Waals surface area contributed by atoms with Gasteiger partial charge in [-0.15, -0.1) is 24.0 Å². The number of aryl methyl sites for hydroxylation is 1. The van der Waals surface area contributed by atoms with Crippen molar-refractivity contribution in [3.63, 3.8) is 0 Å². The number of alkyl halides is 3. The Morgan fingerprint density at radius 3 is 2.43 bits per heavy atom. The normalized spacial score (nSPS) is 16.2. The summed E-state index contributed by atoms with van der Waals surface area (Å²) in [5.41, 5.74) is 1.17. The van der Waals surface area contributed by atoms with E-state index in [0.29, 0.717) is 25.6 Å². The van der Waals surface area contributed by atoms with E-state index in [1.807, 2.05) is 19.1 Å². The topological polar surface area (TPSA) is 59.9 Å². The summed E-state index contributed by atoms with van der Waals surface area (Å²) < 4.78 is 37.4. The first-order valence-electron chi connectivity index (χ1n) is 10.4. The van der Waals surface area contributed by atoms with Crippen LogP contribution in [0.2, 0.25) is 0 Å². The minimum absolute atomic E-state index is 0. The fraction of sp³-hybridized carbons (Fsp3) is 0.667. The number of hydrogen-bond acceptors (Lipinski definition) is 3. The molecule has 1 saturated heterocycles. The van der Waals surface area contributed by atoms with Crippen LogP contribution in [0.5, 0.6) is 5.75 Å². The van der Waals surface area contributed by atoms with Gasteiger partial charge in [0.25, 0.3) is 0 Å². The number of halogens is 4. The first-order valence-corrected chi connectivity index (χ1v) is 10.4. The van der Waals surface area contributed by atoms with Crippen molar-refractivity contribution < 1.29 is 18.3 Å². The predicted octanol–water partition coefficient (Wildman–Crippen LogP) is 4.16. The molecule has 0 atom stereocenters. The molecule has 0 aromatic heterocycles. The fourth-order valence-corrected chi connectivity index (χ4v) is 3.56. The van der Waals surface area contributed by atoms with Gasteiger partial charge >= 0.3 is 6.18 Å². The van der Waals surface area contributed by atoms with E-state index in [2.05, 4.69) is 15.6 Å². The Bertz CT molecular complexity index is 618. The largest absolute Gasteiger partial charge is 0.508 e. The first kappa shape index (κ1) is 26.8. The lowest BCUT2D eigenvalue weighted by Gasteiger charge is -2.32. The fourth-order valence-electron chi connectivity index (χ4n) is 3.56. The number of benzene rings is 1. The van der Waals surface area contributed by atoms with Gasteiger partial charge in [-0.25, -0.2) is 0 Å². The summed E-state index contributed by atoms with van der Waals surface area (Å²) in [6.07, 6.45) is 0.292. The summed E-state index contributed by atoms with van der Waals surface area (Å²) in [6.45, 7) is 4.52. The number of piperidine rings is 1. The van der Waals surface area contributed by atoms with Crippen molar-refractivity contribution in [2.45, 2.75) is 45.2 Å². The van der Waals surface area contributed by atoms with Gasteiger partial charge in [0.05, 0.1) is 6.54 Å². The van der Waals surface area contributed by atoms with Crippen LogP contribution in [0, 0.1) is 5.92 Å². The maximum Gasteiger partial charge on any atom is 0.401 e. The summed E-state index contributed by atoms with van der Waals surface area (Å²) in [6, 6.07) is 7.22. The van der Waals surface area contributed by atoms with Crippen molar-refractivity contribution in [2.24, 2.45) is 10.9 Å². The van der Waals surface area contributed by atoms with Crippen LogP contribution in [0.25, 0.3) is 0 Å². The molecular weight excluding hydrogens is 508 g/mol. The summed E-state index contributed by atoms with van der Waals surface area (Å²) in [5, 5.41) is 15.9. The van der Waals surface area contributed by atoms with E-state index in [-0.39, 0.29) is 29.7 Å². The lowest BCUT2D eigenvalue weighted by molar-refractivity contribution is -0.148. The van der Waals surface area contributed by atoms with Gasteiger partial charge in [-0.05, 0) is 75.7 Å². The number of phenolic OH excluding ortho intramolecular Hbond substituents is 1. The van der Waals surface area contributed by atoms with E-state index in [0.717, 1.165) is 51.2 Å². The highest BCUT2D eigenvalue weighted by Gasteiger charge is 2.32. The second kappa shape index (κ2) is 14.0. The summed E-state index contributed by atoms with van der Waals surface area (Å²) in [5.74, 6) is 1.52. The third kappa shape index (κ3) is 11.2. The maximum atomic E-state index is 12.5. The highest BCUT2D eigenvalue weighted by molar-refractivity contribution is 14.0. The minimum Gasteiger partial charge on any atom is -0.508 e. The molecule has 5 nitrogen and oxygen atoms in total. The number of nitrogens with one attached hydrogen (secondary N) is 2. The van der Waals surface area contributed by atoms with Crippen LogP contribution < -0.4 is 10.6 Å². The monoisotopic (exact) mass is 542 g/mol. The highest BCUT2D eigenvalue weighted by atomic mass is 127. The van der Waals surface area contributed by atoms with Crippen molar-refractivity contribution in [1.82, 2.24) is 15.5 Å². The Hall–Kier alpha value is -1.23. The Morgan fingerprint density at radius 1 is 1.17 bits per heavy atom. The van der Waals surface area contributed by atoms with E-state index in [4.69, 9.17) is 0 Å². The van der Waals surface area contributed by atoms with Gasteiger partial charge in [0, 0.05) is 19.6 Å². The standard InChI is InChI=1S/C21H33F3N4O.HI/c1-2-25-20(26-12-3-4-17-5-7-19(29)8-6-17)27-13-9-18-10-14-28(15-11-18)16-21(22,23)24;/h5-8,18,29H,2-4,9-16H2,1H3,(H2,25,26,27);1H. The molecule has 1 aromatic carbocycles. The van der Waals surface area contributed by atoms with Crippen LogP contribution in [-0.4, -0.2) is 61.4 Å². The SMILES string of the molecule is CCNC(=NCCCc1ccc(O)cc1)NCCC1CCN(CC(F)(F)F)CC1.I. The lowest BCUT2D eigenvalue weighted by Crippen LogP contribution is -2.41. The second-order valence-electron chi connectivity index (χ2n) is 7.58. The Kier molecular flexibility index (Phi) is 12.5. The van der Waals surface area contributed by atoms with E-state index in [9.17, 15) is 18.3 Å². The number of likely N-dealkylation sites (tertiary alicyclic amines) is 1. The summed E-state index contributed by atoms with van der Waals surface area (Å²) >= 11 is 0. The Balaban J connectivity index is 0.00000450. The van der Waals surface area contributed by atoms with Gasteiger partial charge < -0.3 is 15.7 Å². The molecule has 1 aliphatic heterocycles. The summed E-state index contributed by atoms with van der Waals surface area (Å²) in [7, 11) is 0. The zero-order valence-corrected chi connectivity index (χ0v) is 19.9. The molecule has 0 aliphatic carbocycles. The van der Waals surface area contributed by atoms with Crippen molar-refractivity contribution in [3.8, 4) is 5.75 Å². The molecule has 0 unspecified atom stereocenters. The average Bonchev–Trinajstić information content (AvgIpc) is 2.67. The molecule has 1 aromatic rings. The molecule has 0 radical (unpaired) electrons. The van der Waals surface area contributed by atoms with Crippen molar-refractivity contribution in [1.29, 1.82) is 0 Å². The van der Waals surface area contributed by atoms with Crippen molar-refractivity contribution in [3.05, 3.63) is 29.8 Å². The quantitative estimate of drug-likeness (QED) is 0.190. The molecule has 1 aliphatic rings. The smallest absolute Gasteiger partial charge is 0.401 e. The first-order chi connectivity index (χ1) is 13.9. The van der Waals surface area contributed by atoms with E-state index < -0.39 is 12.7 Å². The molecule has 0 amide bonds. The van der Waals surface area contributed by atoms with Crippen LogP contribution in [0.3, 0.4) is 0 Å². The molecule has 0 saturated carbocycles. The lowest BCUT2D eigenvalue weighted by atomic mass is 9.93. The zero-order valence-electron chi connectivity index (χ0n) is 17.5. The number of hydrogen-bond donors (Lipinski definition) is 3. The highest BCUT2D eigenvalue weighted by Crippen LogP contribution is 2.23. The van der Waals surface area contributed by atoms with Crippen molar-refractivity contribution >= 4 is 29.9 Å². The molecule has 0 spiro atoms. The molecule has 1 fully saturated rings. The van der Waals surface area contributed by atoms with Crippen LogP contribution >= 0.6 is 24.0 Å². The van der Waals surface area contributed by atoms with Gasteiger partial charge in [-0.2, -0.15) is 13.2 Å². The van der Waals surface area contributed by atoms with Gasteiger partial charge in [0.15, 0.2) is 5.96 Å². The molecule has 9 heteroatoms. The van der Waals surface area contributed by atoms with Crippen LogP contribution in [0.1, 0.15) is 38.2 Å². The van der Waals surface area contributed by atoms with E-state index in [1.165, 1.54) is 10.5 Å². The van der Waals surface area contributed by atoms with Crippen molar-refractivity contribution in [2.75, 3.05) is 39.3 Å². The van der Waals surface area contributed by atoms with Crippen LogP contribution in [-0.2, 0) is 6.42 Å². The minimum atomic E-state index is -4.10. The molecule has 2 rings (SSSR count). The Labute approximate surface area is 194 Å². The summed E-state index contributed by atoms with van der Waals surface area (Å²) in [4.78, 5) is 6.10. The molecular formula is C21H34F3IN4O. The number of phenols is 1. The number of nitrogens with zero attached hydrogens (tertiary/aromatic N) is 2. The van der Waals surface area contributed by atoms with Crippen LogP contribution in [0.15, 0.2) is 29.3 Å².